The monoisotopic (exact) mass is 411 g/mol. The van der Waals surface area contributed by atoms with Crippen LogP contribution in [0, 0.1) is 5.41 Å². The van der Waals surface area contributed by atoms with Crippen molar-refractivity contribution in [1.29, 1.82) is 0 Å². The average Bonchev–Trinajstić information content (AvgIpc) is 2.61. The van der Waals surface area contributed by atoms with Crippen molar-refractivity contribution in [2.24, 2.45) is 11.1 Å². The molecular weight excluding hydrogens is 386 g/mol. The van der Waals surface area contributed by atoms with Crippen molar-refractivity contribution in [2.45, 2.75) is 25.2 Å². The number of benzene rings is 2. The molecule has 0 aromatic heterocycles. The molecule has 0 aliphatic carbocycles. The summed E-state index contributed by atoms with van der Waals surface area (Å²) < 4.78 is 26.8. The summed E-state index contributed by atoms with van der Waals surface area (Å²) in [4.78, 5) is 12.8. The van der Waals surface area contributed by atoms with Crippen molar-refractivity contribution in [1.82, 2.24) is 4.72 Å². The predicted molar refractivity (Wildman–Crippen MR) is 110 cm³/mol. The third-order valence-corrected chi connectivity index (χ3v) is 5.40. The Bertz CT molecular complexity index is 856. The smallest absolute Gasteiger partial charge is 0.240 e. The zero-order valence-corrected chi connectivity index (χ0v) is 17.1. The Morgan fingerprint density at radius 3 is 2.37 bits per heavy atom. The highest BCUT2D eigenvalue weighted by Gasteiger charge is 2.28. The molecule has 0 bridgehead atoms. The number of hydrogen-bond acceptors (Lipinski definition) is 4. The first-order valence-corrected chi connectivity index (χ1v) is 9.88. The first-order valence-electron chi connectivity index (χ1n) is 8.40. The molecule has 6 nitrogen and oxygen atoms in total. The third kappa shape index (κ3) is 6.62. The first-order chi connectivity index (χ1) is 12.2. The van der Waals surface area contributed by atoms with Crippen molar-refractivity contribution in [3.05, 3.63) is 60.2 Å². The quantitative estimate of drug-likeness (QED) is 0.621. The van der Waals surface area contributed by atoms with E-state index in [2.05, 4.69) is 10.0 Å². The number of sulfonamides is 1. The Morgan fingerprint density at radius 1 is 1.07 bits per heavy atom. The lowest BCUT2D eigenvalue weighted by molar-refractivity contribution is -0.123. The lowest BCUT2D eigenvalue weighted by Crippen LogP contribution is -2.33. The molecule has 0 heterocycles. The lowest BCUT2D eigenvalue weighted by Gasteiger charge is -2.24. The Kier molecular flexibility index (Phi) is 8.43. The van der Waals surface area contributed by atoms with Gasteiger partial charge < -0.3 is 11.1 Å². The van der Waals surface area contributed by atoms with Crippen molar-refractivity contribution in [2.75, 3.05) is 18.4 Å². The van der Waals surface area contributed by atoms with E-state index in [-0.39, 0.29) is 36.3 Å². The van der Waals surface area contributed by atoms with Gasteiger partial charge in [-0.1, -0.05) is 50.2 Å². The summed E-state index contributed by atoms with van der Waals surface area (Å²) in [5, 5.41) is 2.82. The molecule has 1 amide bonds. The molecule has 0 spiro atoms. The van der Waals surface area contributed by atoms with E-state index in [0.717, 1.165) is 5.56 Å². The van der Waals surface area contributed by atoms with E-state index in [1.807, 2.05) is 44.2 Å². The number of anilines is 1. The number of rotatable bonds is 8. The normalized spacial score (nSPS) is 11.5. The molecule has 0 radical (unpaired) electrons. The van der Waals surface area contributed by atoms with Gasteiger partial charge >= 0.3 is 0 Å². The van der Waals surface area contributed by atoms with Crippen LogP contribution in [0.15, 0.2) is 59.5 Å². The van der Waals surface area contributed by atoms with Gasteiger partial charge in [0, 0.05) is 24.2 Å². The van der Waals surface area contributed by atoms with Crippen LogP contribution < -0.4 is 15.8 Å². The maximum atomic E-state index is 12.7. The molecule has 0 saturated heterocycles. The molecule has 2 aromatic rings. The molecule has 2 aromatic carbocycles. The van der Waals surface area contributed by atoms with E-state index < -0.39 is 15.4 Å². The SMILES string of the molecule is CC(C)(Cc1ccccc1)C(=O)Nc1cccc(S(=O)(=O)NCCN)c1.Cl. The Hall–Kier alpha value is -1.93. The molecule has 148 valence electrons. The number of amides is 1. The maximum Gasteiger partial charge on any atom is 0.240 e. The molecule has 8 heteroatoms. The van der Waals surface area contributed by atoms with Crippen LogP contribution in [-0.2, 0) is 21.2 Å². The molecular formula is C19H26ClN3O3S. The van der Waals surface area contributed by atoms with Crippen LogP contribution in [0.5, 0.6) is 0 Å². The van der Waals surface area contributed by atoms with E-state index in [4.69, 9.17) is 5.73 Å². The summed E-state index contributed by atoms with van der Waals surface area (Å²) in [6, 6.07) is 15.9. The molecule has 0 aliphatic heterocycles. The fraction of sp³-hybridized carbons (Fsp3) is 0.316. The lowest BCUT2D eigenvalue weighted by atomic mass is 9.84. The van der Waals surface area contributed by atoms with E-state index in [9.17, 15) is 13.2 Å². The van der Waals surface area contributed by atoms with Gasteiger partial charge in [0.2, 0.25) is 15.9 Å². The number of hydrogen-bond donors (Lipinski definition) is 3. The molecule has 0 aliphatic rings. The van der Waals surface area contributed by atoms with Crippen molar-refractivity contribution in [3.63, 3.8) is 0 Å². The van der Waals surface area contributed by atoms with Crippen LogP contribution in [0.3, 0.4) is 0 Å². The van der Waals surface area contributed by atoms with E-state index in [0.29, 0.717) is 12.1 Å². The number of nitrogens with two attached hydrogens (primary N) is 1. The van der Waals surface area contributed by atoms with E-state index >= 15 is 0 Å². The van der Waals surface area contributed by atoms with Crippen molar-refractivity contribution >= 4 is 34.0 Å². The van der Waals surface area contributed by atoms with Gasteiger partial charge in [0.1, 0.15) is 0 Å². The fourth-order valence-corrected chi connectivity index (χ4v) is 3.60. The van der Waals surface area contributed by atoms with Gasteiger partial charge in [-0.15, -0.1) is 12.4 Å². The van der Waals surface area contributed by atoms with Crippen LogP contribution in [-0.4, -0.2) is 27.4 Å². The molecule has 27 heavy (non-hydrogen) atoms. The summed E-state index contributed by atoms with van der Waals surface area (Å²) in [6.45, 7) is 4.09. The Labute approximate surface area is 167 Å². The topological polar surface area (TPSA) is 101 Å². The molecule has 4 N–H and O–H groups in total. The molecule has 2 rings (SSSR count). The molecule has 0 atom stereocenters. The van der Waals surface area contributed by atoms with Gasteiger partial charge in [0.05, 0.1) is 4.90 Å². The highest BCUT2D eigenvalue weighted by molar-refractivity contribution is 7.89. The largest absolute Gasteiger partial charge is 0.329 e. The predicted octanol–water partition coefficient (Wildman–Crippen LogP) is 2.55. The van der Waals surface area contributed by atoms with Gasteiger partial charge in [0.25, 0.3) is 0 Å². The second-order valence-electron chi connectivity index (χ2n) is 6.71. The minimum Gasteiger partial charge on any atom is -0.329 e. The van der Waals surface area contributed by atoms with Crippen LogP contribution >= 0.6 is 12.4 Å². The zero-order valence-electron chi connectivity index (χ0n) is 15.4. The average molecular weight is 412 g/mol. The van der Waals surface area contributed by atoms with Crippen LogP contribution in [0.25, 0.3) is 0 Å². The number of carbonyl (C=O) groups is 1. The molecule has 0 unspecified atom stereocenters. The van der Waals surface area contributed by atoms with E-state index in [1.165, 1.54) is 12.1 Å². The van der Waals surface area contributed by atoms with Crippen molar-refractivity contribution < 1.29 is 13.2 Å². The van der Waals surface area contributed by atoms with Crippen molar-refractivity contribution in [3.8, 4) is 0 Å². The Balaban J connectivity index is 0.00000364. The summed E-state index contributed by atoms with van der Waals surface area (Å²) in [7, 11) is -3.65. The first kappa shape index (κ1) is 23.1. The second-order valence-corrected chi connectivity index (χ2v) is 8.48. The van der Waals surface area contributed by atoms with Gasteiger partial charge in [-0.05, 0) is 30.2 Å². The summed E-state index contributed by atoms with van der Waals surface area (Å²) in [5.41, 5.74) is 6.19. The van der Waals surface area contributed by atoms with Gasteiger partial charge in [-0.25, -0.2) is 13.1 Å². The summed E-state index contributed by atoms with van der Waals surface area (Å²) in [5.74, 6) is -0.175. The second kappa shape index (κ2) is 9.85. The van der Waals surface area contributed by atoms with Gasteiger partial charge in [-0.3, -0.25) is 4.79 Å². The number of nitrogens with one attached hydrogen (secondary N) is 2. The fourth-order valence-electron chi connectivity index (χ4n) is 2.50. The standard InChI is InChI=1S/C19H25N3O3S.ClH/c1-19(2,14-15-7-4-3-5-8-15)18(23)22-16-9-6-10-17(13-16)26(24,25)21-12-11-20;/h3-10,13,21H,11-12,14,20H2,1-2H3,(H,22,23);1H. The highest BCUT2D eigenvalue weighted by atomic mass is 35.5. The maximum absolute atomic E-state index is 12.7. The summed E-state index contributed by atoms with van der Waals surface area (Å²) >= 11 is 0. The van der Waals surface area contributed by atoms with Crippen LogP contribution in [0.4, 0.5) is 5.69 Å². The van der Waals surface area contributed by atoms with Crippen LogP contribution in [0.1, 0.15) is 19.4 Å². The minimum atomic E-state index is -3.65. The number of halogens is 1. The van der Waals surface area contributed by atoms with Gasteiger partial charge in [-0.2, -0.15) is 0 Å². The highest BCUT2D eigenvalue weighted by Crippen LogP contribution is 2.25. The third-order valence-electron chi connectivity index (χ3n) is 3.94. The van der Waals surface area contributed by atoms with E-state index in [1.54, 1.807) is 12.1 Å². The zero-order chi connectivity index (χ0) is 19.2. The minimum absolute atomic E-state index is 0. The van der Waals surface area contributed by atoms with Crippen LogP contribution in [0.2, 0.25) is 0 Å². The number of carbonyl (C=O) groups excluding carboxylic acids is 1. The summed E-state index contributed by atoms with van der Waals surface area (Å²) in [6.07, 6.45) is 0.579. The Morgan fingerprint density at radius 2 is 1.74 bits per heavy atom. The van der Waals surface area contributed by atoms with Gasteiger partial charge in [0.15, 0.2) is 0 Å². The molecule has 0 saturated carbocycles. The molecule has 0 fully saturated rings.